The van der Waals surface area contributed by atoms with Gasteiger partial charge in [-0.15, -0.1) is 0 Å². The van der Waals surface area contributed by atoms with E-state index in [1.165, 1.54) is 12.1 Å². The molecule has 7 aromatic carbocycles. The highest BCUT2D eigenvalue weighted by molar-refractivity contribution is 6.24. The molecule has 1 aliphatic carbocycles. The number of fused-ring (bicyclic) bond motifs is 14. The predicted molar refractivity (Wildman–Crippen MR) is 218 cm³/mol. The SMILES string of the molecule is N#Cc1cc(-n2c3c(c4ccccc42)CCc2oc4ccccc4c2-3)c(-c2cc(F)cc(F)c2)c(-n2c3ccccc3c3ccc4oc5ccccc5c4c32)c1. The van der Waals surface area contributed by atoms with Gasteiger partial charge >= 0.3 is 0 Å². The molecular weight excluding hydrogens is 701 g/mol. The first-order valence-corrected chi connectivity index (χ1v) is 18.6. The zero-order chi connectivity index (χ0) is 37.2. The number of aromatic nitrogens is 2. The first-order chi connectivity index (χ1) is 27.6. The molecule has 5 nitrogen and oxygen atoms in total. The molecule has 0 saturated heterocycles. The number of furan rings is 2. The van der Waals surface area contributed by atoms with Gasteiger partial charge in [-0.2, -0.15) is 5.26 Å². The molecule has 0 radical (unpaired) electrons. The zero-order valence-electron chi connectivity index (χ0n) is 29.6. The van der Waals surface area contributed by atoms with Crippen molar-refractivity contribution in [3.05, 3.63) is 168 Å². The van der Waals surface area contributed by atoms with Gasteiger partial charge in [0.05, 0.1) is 50.6 Å². The van der Waals surface area contributed by atoms with Crippen LogP contribution in [0.3, 0.4) is 0 Å². The summed E-state index contributed by atoms with van der Waals surface area (Å²) in [4.78, 5) is 0. The maximum absolute atomic E-state index is 15.6. The van der Waals surface area contributed by atoms with E-state index in [9.17, 15) is 5.26 Å². The molecule has 0 N–H and O–H groups in total. The lowest BCUT2D eigenvalue weighted by Crippen LogP contribution is -2.09. The summed E-state index contributed by atoms with van der Waals surface area (Å²) in [5.74, 6) is -0.516. The third kappa shape index (κ3) is 4.15. The van der Waals surface area contributed by atoms with Crippen LogP contribution in [0.4, 0.5) is 8.78 Å². The van der Waals surface area contributed by atoms with Crippen LogP contribution >= 0.6 is 0 Å². The van der Waals surface area contributed by atoms with Crippen molar-refractivity contribution >= 4 is 65.6 Å². The molecule has 4 aromatic heterocycles. The highest BCUT2D eigenvalue weighted by Gasteiger charge is 2.32. The summed E-state index contributed by atoms with van der Waals surface area (Å²) in [6.07, 6.45) is 1.47. The minimum absolute atomic E-state index is 0.340. The molecular formula is C49H27F2N3O2. The Balaban J connectivity index is 1.32. The third-order valence-electron chi connectivity index (χ3n) is 11.5. The molecule has 0 saturated carbocycles. The Morgan fingerprint density at radius 3 is 1.91 bits per heavy atom. The van der Waals surface area contributed by atoms with Crippen LogP contribution in [0.5, 0.6) is 0 Å². The average molecular weight is 728 g/mol. The van der Waals surface area contributed by atoms with Crippen molar-refractivity contribution in [2.45, 2.75) is 12.8 Å². The van der Waals surface area contributed by atoms with Gasteiger partial charge in [0.25, 0.3) is 0 Å². The summed E-state index contributed by atoms with van der Waals surface area (Å²) in [6.45, 7) is 0. The van der Waals surface area contributed by atoms with Crippen LogP contribution in [0, 0.1) is 23.0 Å². The van der Waals surface area contributed by atoms with Crippen LogP contribution in [0.25, 0.3) is 99.4 Å². The smallest absolute Gasteiger partial charge is 0.137 e. The number of nitrogens with zero attached hydrogens (tertiary/aromatic N) is 3. The molecule has 7 heteroatoms. The van der Waals surface area contributed by atoms with Gasteiger partial charge in [-0.1, -0.05) is 72.8 Å². The van der Waals surface area contributed by atoms with E-state index in [2.05, 4.69) is 51.6 Å². The molecule has 0 aliphatic heterocycles. The van der Waals surface area contributed by atoms with E-state index in [4.69, 9.17) is 8.83 Å². The summed E-state index contributed by atoms with van der Waals surface area (Å²) in [7, 11) is 0. The maximum atomic E-state index is 15.6. The van der Waals surface area contributed by atoms with Crippen LogP contribution in [-0.4, -0.2) is 9.13 Å². The topological polar surface area (TPSA) is 59.9 Å². The molecule has 56 heavy (non-hydrogen) atoms. The number of para-hydroxylation sites is 4. The van der Waals surface area contributed by atoms with Crippen LogP contribution in [0.15, 0.2) is 148 Å². The number of hydrogen-bond donors (Lipinski definition) is 0. The molecule has 0 spiro atoms. The summed E-state index contributed by atoms with van der Waals surface area (Å²) in [6, 6.07) is 46.2. The number of nitriles is 1. The lowest BCUT2D eigenvalue weighted by molar-refractivity contribution is 0.545. The van der Waals surface area contributed by atoms with E-state index in [0.717, 1.165) is 102 Å². The zero-order valence-corrected chi connectivity index (χ0v) is 29.6. The average Bonchev–Trinajstić information content (AvgIpc) is 3.97. The molecule has 1 aliphatic rings. The van der Waals surface area contributed by atoms with E-state index in [1.54, 1.807) is 0 Å². The first kappa shape index (κ1) is 31.0. The molecule has 0 fully saturated rings. The third-order valence-corrected chi connectivity index (χ3v) is 11.5. The van der Waals surface area contributed by atoms with Gasteiger partial charge in [-0.3, -0.25) is 0 Å². The second kappa shape index (κ2) is 11.3. The summed E-state index contributed by atoms with van der Waals surface area (Å²) in [5.41, 5.74) is 10.5. The van der Waals surface area contributed by atoms with Gasteiger partial charge in [-0.05, 0) is 78.2 Å². The standard InChI is InChI=1S/C49H27F2N3O2/c50-29-23-28(24-30(51)25-29)45-39(53-37-13-5-1-9-31(37)33-17-19-43-46(48(33)53)35-11-3-7-15-41(35)55-43)21-27(26-52)22-40(45)54-38-14-6-2-10-32(38)34-18-20-44-47(49(34)54)36-12-4-8-16-42(36)56-44/h1-17,19,21-25H,18,20H2. The number of benzene rings is 7. The Morgan fingerprint density at radius 1 is 0.536 bits per heavy atom. The fourth-order valence-corrected chi connectivity index (χ4v) is 9.38. The van der Waals surface area contributed by atoms with Crippen LogP contribution in [-0.2, 0) is 12.8 Å². The van der Waals surface area contributed by atoms with Gasteiger partial charge in [0.1, 0.15) is 34.1 Å². The Morgan fingerprint density at radius 2 is 1.16 bits per heavy atom. The lowest BCUT2D eigenvalue weighted by Gasteiger charge is -2.23. The number of hydrogen-bond acceptors (Lipinski definition) is 3. The van der Waals surface area contributed by atoms with Crippen molar-refractivity contribution in [2.24, 2.45) is 0 Å². The maximum Gasteiger partial charge on any atom is 0.137 e. The molecule has 0 bridgehead atoms. The number of halogens is 2. The number of aryl methyl sites for hydroxylation is 2. The Labute approximate surface area is 317 Å². The molecule has 0 unspecified atom stereocenters. The second-order valence-corrected chi connectivity index (χ2v) is 14.5. The fourth-order valence-electron chi connectivity index (χ4n) is 9.38. The Kier molecular flexibility index (Phi) is 6.25. The summed E-state index contributed by atoms with van der Waals surface area (Å²) >= 11 is 0. The van der Waals surface area contributed by atoms with E-state index < -0.39 is 11.6 Å². The normalized spacial score (nSPS) is 12.7. The van der Waals surface area contributed by atoms with Crippen molar-refractivity contribution in [3.63, 3.8) is 0 Å². The quantitative estimate of drug-likeness (QED) is 0.182. The molecule has 11 aromatic rings. The molecule has 4 heterocycles. The van der Waals surface area contributed by atoms with Crippen molar-refractivity contribution < 1.29 is 17.6 Å². The van der Waals surface area contributed by atoms with Gasteiger partial charge in [0, 0.05) is 50.5 Å². The van der Waals surface area contributed by atoms with E-state index >= 15 is 8.78 Å². The minimum Gasteiger partial charge on any atom is -0.460 e. The molecule has 264 valence electrons. The van der Waals surface area contributed by atoms with Crippen molar-refractivity contribution in [1.29, 1.82) is 5.26 Å². The van der Waals surface area contributed by atoms with Gasteiger partial charge in [0.15, 0.2) is 0 Å². The molecule has 0 amide bonds. The molecule has 0 atom stereocenters. The van der Waals surface area contributed by atoms with Crippen molar-refractivity contribution in [3.8, 4) is 39.8 Å². The predicted octanol–water partition coefficient (Wildman–Crippen LogP) is 13.0. The lowest BCUT2D eigenvalue weighted by atomic mass is 9.92. The fraction of sp³-hybridized carbons (Fsp3) is 0.0408. The highest BCUT2D eigenvalue weighted by Crippen LogP contribution is 2.50. The van der Waals surface area contributed by atoms with Crippen LogP contribution in [0.2, 0.25) is 0 Å². The second-order valence-electron chi connectivity index (χ2n) is 14.5. The highest BCUT2D eigenvalue weighted by atomic mass is 19.1. The Bertz CT molecular complexity index is 3520. The van der Waals surface area contributed by atoms with E-state index in [-0.39, 0.29) is 0 Å². The van der Waals surface area contributed by atoms with Crippen LogP contribution < -0.4 is 0 Å². The first-order valence-electron chi connectivity index (χ1n) is 18.6. The van der Waals surface area contributed by atoms with Crippen LogP contribution in [0.1, 0.15) is 16.9 Å². The minimum atomic E-state index is -0.700. The van der Waals surface area contributed by atoms with Crippen molar-refractivity contribution in [2.75, 3.05) is 0 Å². The monoisotopic (exact) mass is 727 g/mol. The van der Waals surface area contributed by atoms with Gasteiger partial charge < -0.3 is 18.0 Å². The Hall–Kier alpha value is -7.43. The summed E-state index contributed by atoms with van der Waals surface area (Å²) in [5, 5.41) is 16.7. The largest absolute Gasteiger partial charge is 0.460 e. The molecule has 12 rings (SSSR count). The van der Waals surface area contributed by atoms with Gasteiger partial charge in [-0.25, -0.2) is 8.78 Å². The van der Waals surface area contributed by atoms with Gasteiger partial charge in [0.2, 0.25) is 0 Å². The van der Waals surface area contributed by atoms with E-state index in [1.807, 2.05) is 84.9 Å². The van der Waals surface area contributed by atoms with Crippen molar-refractivity contribution in [1.82, 2.24) is 9.13 Å². The summed E-state index contributed by atoms with van der Waals surface area (Å²) < 4.78 is 48.4. The van der Waals surface area contributed by atoms with E-state index in [0.29, 0.717) is 33.6 Å². The number of rotatable bonds is 3.